The number of nitrogens with one attached hydrogen (secondary N) is 1. The number of rotatable bonds is 4. The monoisotopic (exact) mass is 293 g/mol. The van der Waals surface area contributed by atoms with E-state index in [1.807, 2.05) is 25.1 Å². The standard InChI is InChI=1S/C15H16FNO2S/c1-11-4-3-5-13(8-11)10-20(18,19)17-14-6-7-15(16)12(2)9-14/h3-9,17H,10H2,1-2H3. The third-order valence-corrected chi connectivity index (χ3v) is 4.13. The van der Waals surface area contributed by atoms with Crippen LogP contribution in [0.15, 0.2) is 42.5 Å². The van der Waals surface area contributed by atoms with E-state index in [0.29, 0.717) is 11.3 Å². The van der Waals surface area contributed by atoms with Gasteiger partial charge in [-0.3, -0.25) is 4.72 Å². The first-order valence-corrected chi connectivity index (χ1v) is 7.83. The molecule has 0 saturated heterocycles. The molecule has 0 amide bonds. The molecule has 3 nitrogen and oxygen atoms in total. The molecule has 2 aromatic carbocycles. The predicted molar refractivity (Wildman–Crippen MR) is 78.6 cm³/mol. The summed E-state index contributed by atoms with van der Waals surface area (Å²) in [6.07, 6.45) is 0. The summed E-state index contributed by atoms with van der Waals surface area (Å²) in [7, 11) is -3.51. The second kappa shape index (κ2) is 5.63. The Labute approximate surface area is 118 Å². The zero-order valence-electron chi connectivity index (χ0n) is 11.4. The number of halogens is 1. The van der Waals surface area contributed by atoms with Crippen molar-refractivity contribution < 1.29 is 12.8 Å². The predicted octanol–water partition coefficient (Wildman–Crippen LogP) is 3.38. The lowest BCUT2D eigenvalue weighted by Crippen LogP contribution is -2.15. The third-order valence-electron chi connectivity index (χ3n) is 2.87. The number of aryl methyl sites for hydroxylation is 2. The van der Waals surface area contributed by atoms with Gasteiger partial charge in [0.1, 0.15) is 5.82 Å². The highest BCUT2D eigenvalue weighted by molar-refractivity contribution is 7.91. The van der Waals surface area contributed by atoms with Crippen LogP contribution in [0.1, 0.15) is 16.7 Å². The highest BCUT2D eigenvalue weighted by Crippen LogP contribution is 2.17. The zero-order chi connectivity index (χ0) is 14.8. The Morgan fingerprint density at radius 1 is 1.10 bits per heavy atom. The first-order chi connectivity index (χ1) is 9.35. The molecule has 0 radical (unpaired) electrons. The van der Waals surface area contributed by atoms with Crippen molar-refractivity contribution in [2.24, 2.45) is 0 Å². The van der Waals surface area contributed by atoms with Gasteiger partial charge < -0.3 is 0 Å². The van der Waals surface area contributed by atoms with Gasteiger partial charge in [-0.05, 0) is 43.2 Å². The Morgan fingerprint density at radius 3 is 2.50 bits per heavy atom. The van der Waals surface area contributed by atoms with Gasteiger partial charge in [0.05, 0.1) is 5.75 Å². The minimum absolute atomic E-state index is 0.106. The lowest BCUT2D eigenvalue weighted by Gasteiger charge is -2.09. The molecule has 0 atom stereocenters. The fraction of sp³-hybridized carbons (Fsp3) is 0.200. The van der Waals surface area contributed by atoms with Crippen LogP contribution in [0.25, 0.3) is 0 Å². The fourth-order valence-electron chi connectivity index (χ4n) is 1.95. The highest BCUT2D eigenvalue weighted by Gasteiger charge is 2.12. The van der Waals surface area contributed by atoms with Gasteiger partial charge in [0.15, 0.2) is 0 Å². The number of hydrogen-bond acceptors (Lipinski definition) is 2. The molecule has 2 aromatic rings. The van der Waals surface area contributed by atoms with Gasteiger partial charge in [-0.15, -0.1) is 0 Å². The molecule has 0 heterocycles. The Morgan fingerprint density at radius 2 is 1.85 bits per heavy atom. The fourth-order valence-corrected chi connectivity index (χ4v) is 3.12. The molecule has 0 aliphatic heterocycles. The van der Waals surface area contributed by atoms with Gasteiger partial charge in [0.25, 0.3) is 0 Å². The normalized spacial score (nSPS) is 11.3. The van der Waals surface area contributed by atoms with E-state index in [4.69, 9.17) is 0 Å². The largest absolute Gasteiger partial charge is 0.283 e. The second-order valence-electron chi connectivity index (χ2n) is 4.81. The maximum Gasteiger partial charge on any atom is 0.236 e. The molecule has 0 aliphatic rings. The van der Waals surface area contributed by atoms with Crippen molar-refractivity contribution in [3.63, 3.8) is 0 Å². The Bertz CT molecular complexity index is 726. The van der Waals surface area contributed by atoms with Crippen molar-refractivity contribution in [2.45, 2.75) is 19.6 Å². The van der Waals surface area contributed by atoms with E-state index in [9.17, 15) is 12.8 Å². The summed E-state index contributed by atoms with van der Waals surface area (Å²) in [6, 6.07) is 11.5. The van der Waals surface area contributed by atoms with E-state index < -0.39 is 10.0 Å². The van der Waals surface area contributed by atoms with E-state index in [-0.39, 0.29) is 11.6 Å². The van der Waals surface area contributed by atoms with Gasteiger partial charge >= 0.3 is 0 Å². The van der Waals surface area contributed by atoms with Crippen molar-refractivity contribution in [1.29, 1.82) is 0 Å². The molecule has 1 N–H and O–H groups in total. The van der Waals surface area contributed by atoms with E-state index in [0.717, 1.165) is 11.1 Å². The van der Waals surface area contributed by atoms with Crippen LogP contribution in [0.4, 0.5) is 10.1 Å². The van der Waals surface area contributed by atoms with Crippen molar-refractivity contribution >= 4 is 15.7 Å². The summed E-state index contributed by atoms with van der Waals surface area (Å²) >= 11 is 0. The van der Waals surface area contributed by atoms with Crippen LogP contribution in [0.5, 0.6) is 0 Å². The molecular weight excluding hydrogens is 277 g/mol. The number of hydrogen-bond donors (Lipinski definition) is 1. The average molecular weight is 293 g/mol. The van der Waals surface area contributed by atoms with E-state index in [2.05, 4.69) is 4.72 Å². The first kappa shape index (κ1) is 14.5. The van der Waals surface area contributed by atoms with Crippen molar-refractivity contribution in [3.05, 3.63) is 65.0 Å². The van der Waals surface area contributed by atoms with Crippen LogP contribution in [-0.4, -0.2) is 8.42 Å². The van der Waals surface area contributed by atoms with Crippen LogP contribution >= 0.6 is 0 Å². The maximum atomic E-state index is 13.1. The van der Waals surface area contributed by atoms with E-state index >= 15 is 0 Å². The molecule has 0 spiro atoms. The summed E-state index contributed by atoms with van der Waals surface area (Å²) in [4.78, 5) is 0. The molecule has 20 heavy (non-hydrogen) atoms. The Kier molecular flexibility index (Phi) is 4.09. The van der Waals surface area contributed by atoms with Gasteiger partial charge in [0.2, 0.25) is 10.0 Å². The minimum Gasteiger partial charge on any atom is -0.283 e. The summed E-state index contributed by atoms with van der Waals surface area (Å²) in [5.74, 6) is -0.461. The van der Waals surface area contributed by atoms with Crippen LogP contribution < -0.4 is 4.72 Å². The third kappa shape index (κ3) is 3.81. The highest BCUT2D eigenvalue weighted by atomic mass is 32.2. The number of anilines is 1. The molecule has 0 fully saturated rings. The van der Waals surface area contributed by atoms with E-state index in [1.165, 1.54) is 18.2 Å². The Hall–Kier alpha value is -1.88. The molecule has 0 aliphatic carbocycles. The molecule has 5 heteroatoms. The minimum atomic E-state index is -3.51. The van der Waals surface area contributed by atoms with Crippen molar-refractivity contribution in [2.75, 3.05) is 4.72 Å². The summed E-state index contributed by atoms with van der Waals surface area (Å²) < 4.78 is 39.7. The quantitative estimate of drug-likeness (QED) is 0.939. The molecule has 0 bridgehead atoms. The average Bonchev–Trinajstić information content (AvgIpc) is 2.33. The Balaban J connectivity index is 2.17. The molecule has 106 valence electrons. The zero-order valence-corrected chi connectivity index (χ0v) is 12.2. The summed E-state index contributed by atoms with van der Waals surface area (Å²) in [6.45, 7) is 3.50. The molecule has 0 aromatic heterocycles. The lowest BCUT2D eigenvalue weighted by atomic mass is 10.2. The first-order valence-electron chi connectivity index (χ1n) is 6.18. The van der Waals surface area contributed by atoms with Gasteiger partial charge in [0, 0.05) is 5.69 Å². The van der Waals surface area contributed by atoms with Crippen LogP contribution in [0.3, 0.4) is 0 Å². The smallest absolute Gasteiger partial charge is 0.236 e. The maximum absolute atomic E-state index is 13.1. The molecule has 0 unspecified atom stereocenters. The SMILES string of the molecule is Cc1cccc(CS(=O)(=O)Nc2ccc(F)c(C)c2)c1. The van der Waals surface area contributed by atoms with Crippen molar-refractivity contribution in [1.82, 2.24) is 0 Å². The van der Waals surface area contributed by atoms with Gasteiger partial charge in [-0.2, -0.15) is 0 Å². The van der Waals surface area contributed by atoms with Crippen molar-refractivity contribution in [3.8, 4) is 0 Å². The van der Waals surface area contributed by atoms with Crippen LogP contribution in [0.2, 0.25) is 0 Å². The molecule has 0 saturated carbocycles. The summed E-state index contributed by atoms with van der Waals surface area (Å²) in [5.41, 5.74) is 2.50. The lowest BCUT2D eigenvalue weighted by molar-refractivity contribution is 0.600. The van der Waals surface area contributed by atoms with E-state index in [1.54, 1.807) is 13.0 Å². The topological polar surface area (TPSA) is 46.2 Å². The summed E-state index contributed by atoms with van der Waals surface area (Å²) in [5, 5.41) is 0. The van der Waals surface area contributed by atoms with Crippen LogP contribution in [0, 0.1) is 19.7 Å². The van der Waals surface area contributed by atoms with Gasteiger partial charge in [-0.25, -0.2) is 12.8 Å². The van der Waals surface area contributed by atoms with Gasteiger partial charge in [-0.1, -0.05) is 29.8 Å². The second-order valence-corrected chi connectivity index (χ2v) is 6.54. The van der Waals surface area contributed by atoms with Crippen LogP contribution in [-0.2, 0) is 15.8 Å². The molecule has 2 rings (SSSR count). The number of sulfonamides is 1. The number of benzene rings is 2. The molecular formula is C15H16FNO2S.